The average molecular weight is 299 g/mol. The van der Waals surface area contributed by atoms with E-state index in [2.05, 4.69) is 5.32 Å². The molecule has 4 heteroatoms. The van der Waals surface area contributed by atoms with Crippen LogP contribution in [0.4, 0.5) is 10.5 Å². The van der Waals surface area contributed by atoms with Crippen molar-refractivity contribution in [3.8, 4) is 0 Å². The Bertz CT molecular complexity index is 697. The maximum atomic E-state index is 12.4. The van der Waals surface area contributed by atoms with Gasteiger partial charge in [0.05, 0.1) is 11.7 Å². The number of carbonyl (C=O) groups is 1. The van der Waals surface area contributed by atoms with Crippen molar-refractivity contribution in [3.05, 3.63) is 77.0 Å². The molecule has 0 bridgehead atoms. The number of hydrogen-bond acceptors (Lipinski definition) is 1. The molecule has 2 aromatic carbocycles. The van der Waals surface area contributed by atoms with Crippen molar-refractivity contribution >= 4 is 23.3 Å². The van der Waals surface area contributed by atoms with Crippen molar-refractivity contribution in [2.45, 2.75) is 13.0 Å². The third-order valence-electron chi connectivity index (χ3n) is 3.47. The number of benzene rings is 2. The first-order valence-corrected chi connectivity index (χ1v) is 7.12. The lowest BCUT2D eigenvalue weighted by Gasteiger charge is -2.32. The third-order valence-corrected chi connectivity index (χ3v) is 3.70. The van der Waals surface area contributed by atoms with Gasteiger partial charge in [-0.1, -0.05) is 48.0 Å². The predicted octanol–water partition coefficient (Wildman–Crippen LogP) is 4.51. The van der Waals surface area contributed by atoms with Gasteiger partial charge in [0, 0.05) is 10.7 Å². The van der Waals surface area contributed by atoms with Crippen molar-refractivity contribution in [1.82, 2.24) is 5.32 Å². The smallest absolute Gasteiger partial charge is 0.326 e. The van der Waals surface area contributed by atoms with Gasteiger partial charge in [0.2, 0.25) is 0 Å². The minimum absolute atomic E-state index is 0.103. The van der Waals surface area contributed by atoms with Crippen LogP contribution in [0.5, 0.6) is 0 Å². The largest absolute Gasteiger partial charge is 0.327 e. The molecule has 1 atom stereocenters. The molecular formula is C17H15ClN2O. The molecule has 1 N–H and O–H groups in total. The van der Waals surface area contributed by atoms with Crippen LogP contribution in [-0.4, -0.2) is 6.03 Å². The van der Waals surface area contributed by atoms with Crippen molar-refractivity contribution < 1.29 is 4.79 Å². The van der Waals surface area contributed by atoms with E-state index in [-0.39, 0.29) is 12.1 Å². The first kappa shape index (κ1) is 13.7. The van der Waals surface area contributed by atoms with E-state index < -0.39 is 0 Å². The Labute approximate surface area is 128 Å². The van der Waals surface area contributed by atoms with E-state index in [1.807, 2.05) is 55.5 Å². The van der Waals surface area contributed by atoms with Crippen LogP contribution in [-0.2, 0) is 0 Å². The standard InChI is InChI=1S/C17H15ClN2O/c1-12-10-16(13-6-3-2-4-7-13)19-17(21)20(12)15-9-5-8-14(18)11-15/h2-11,16H,1H3,(H,19,21). The fourth-order valence-electron chi connectivity index (χ4n) is 2.49. The topological polar surface area (TPSA) is 32.3 Å². The number of halogens is 1. The zero-order valence-electron chi connectivity index (χ0n) is 11.6. The molecule has 0 aliphatic carbocycles. The molecule has 2 amide bonds. The molecule has 3 rings (SSSR count). The van der Waals surface area contributed by atoms with E-state index in [1.165, 1.54) is 0 Å². The van der Waals surface area contributed by atoms with E-state index in [0.29, 0.717) is 5.02 Å². The minimum Gasteiger partial charge on any atom is -0.327 e. The third kappa shape index (κ3) is 2.78. The number of urea groups is 1. The van der Waals surface area contributed by atoms with E-state index in [0.717, 1.165) is 16.9 Å². The van der Waals surface area contributed by atoms with Gasteiger partial charge in [-0.3, -0.25) is 4.90 Å². The number of amides is 2. The molecule has 2 aromatic rings. The lowest BCUT2D eigenvalue weighted by molar-refractivity contribution is 0.244. The first-order chi connectivity index (χ1) is 10.1. The van der Waals surface area contributed by atoms with Gasteiger partial charge in [0.15, 0.2) is 0 Å². The normalized spacial score (nSPS) is 18.2. The Balaban J connectivity index is 1.94. The highest BCUT2D eigenvalue weighted by Gasteiger charge is 2.26. The number of anilines is 1. The second-order valence-electron chi connectivity index (χ2n) is 4.96. The summed E-state index contributed by atoms with van der Waals surface area (Å²) >= 11 is 6.01. The first-order valence-electron chi connectivity index (χ1n) is 6.75. The maximum Gasteiger partial charge on any atom is 0.326 e. The number of nitrogens with one attached hydrogen (secondary N) is 1. The molecule has 1 heterocycles. The molecule has 21 heavy (non-hydrogen) atoms. The van der Waals surface area contributed by atoms with Crippen molar-refractivity contribution in [2.75, 3.05) is 4.90 Å². The molecular weight excluding hydrogens is 284 g/mol. The summed E-state index contributed by atoms with van der Waals surface area (Å²) < 4.78 is 0. The number of allylic oxidation sites excluding steroid dienone is 1. The maximum absolute atomic E-state index is 12.4. The Morgan fingerprint density at radius 3 is 2.52 bits per heavy atom. The Morgan fingerprint density at radius 1 is 1.10 bits per heavy atom. The number of rotatable bonds is 2. The van der Waals surface area contributed by atoms with Gasteiger partial charge in [-0.15, -0.1) is 0 Å². The van der Waals surface area contributed by atoms with Crippen LogP contribution in [0.15, 0.2) is 66.4 Å². The summed E-state index contributed by atoms with van der Waals surface area (Å²) in [5.74, 6) is 0. The molecule has 106 valence electrons. The average Bonchev–Trinajstić information content (AvgIpc) is 2.47. The SMILES string of the molecule is CC1=CC(c2ccccc2)NC(=O)N1c1cccc(Cl)c1. The van der Waals surface area contributed by atoms with Crippen LogP contribution < -0.4 is 10.2 Å². The summed E-state index contributed by atoms with van der Waals surface area (Å²) in [6.07, 6.45) is 2.04. The number of carbonyl (C=O) groups excluding carboxylic acids is 1. The van der Waals surface area contributed by atoms with Gasteiger partial charge in [0.25, 0.3) is 0 Å². The lowest BCUT2D eigenvalue weighted by Crippen LogP contribution is -2.44. The summed E-state index contributed by atoms with van der Waals surface area (Å²) in [5, 5.41) is 3.61. The number of hydrogen-bond donors (Lipinski definition) is 1. The lowest BCUT2D eigenvalue weighted by atomic mass is 10.0. The molecule has 0 saturated carbocycles. The fourth-order valence-corrected chi connectivity index (χ4v) is 2.68. The quantitative estimate of drug-likeness (QED) is 0.869. The highest BCUT2D eigenvalue weighted by atomic mass is 35.5. The molecule has 1 aliphatic heterocycles. The van der Waals surface area contributed by atoms with E-state index in [4.69, 9.17) is 11.6 Å². The summed E-state index contributed by atoms with van der Waals surface area (Å²) in [4.78, 5) is 14.1. The van der Waals surface area contributed by atoms with Gasteiger partial charge < -0.3 is 5.32 Å². The van der Waals surface area contributed by atoms with Crippen molar-refractivity contribution in [1.29, 1.82) is 0 Å². The summed E-state index contributed by atoms with van der Waals surface area (Å²) in [6, 6.07) is 16.9. The van der Waals surface area contributed by atoms with Crippen molar-refractivity contribution in [3.63, 3.8) is 0 Å². The molecule has 0 fully saturated rings. The van der Waals surface area contributed by atoms with E-state index >= 15 is 0 Å². The molecule has 0 saturated heterocycles. The van der Waals surface area contributed by atoms with Crippen LogP contribution in [0, 0.1) is 0 Å². The zero-order chi connectivity index (χ0) is 14.8. The Hall–Kier alpha value is -2.26. The van der Waals surface area contributed by atoms with Gasteiger partial charge in [-0.05, 0) is 36.8 Å². The second-order valence-corrected chi connectivity index (χ2v) is 5.40. The van der Waals surface area contributed by atoms with Crippen LogP contribution in [0.1, 0.15) is 18.5 Å². The second kappa shape index (κ2) is 5.62. The fraction of sp³-hybridized carbons (Fsp3) is 0.118. The van der Waals surface area contributed by atoms with Crippen LogP contribution in [0.2, 0.25) is 5.02 Å². The molecule has 0 radical (unpaired) electrons. The molecule has 0 spiro atoms. The van der Waals surface area contributed by atoms with Gasteiger partial charge in [-0.2, -0.15) is 0 Å². The summed E-state index contributed by atoms with van der Waals surface area (Å²) in [5.41, 5.74) is 2.71. The monoisotopic (exact) mass is 298 g/mol. The van der Waals surface area contributed by atoms with Crippen molar-refractivity contribution in [2.24, 2.45) is 0 Å². The molecule has 0 aromatic heterocycles. The minimum atomic E-state index is -0.147. The van der Waals surface area contributed by atoms with E-state index in [1.54, 1.807) is 17.0 Å². The number of nitrogens with zero attached hydrogens (tertiary/aromatic N) is 1. The van der Waals surface area contributed by atoms with E-state index in [9.17, 15) is 4.79 Å². The van der Waals surface area contributed by atoms with Crippen LogP contribution in [0.25, 0.3) is 0 Å². The zero-order valence-corrected chi connectivity index (χ0v) is 12.3. The van der Waals surface area contributed by atoms with Crippen LogP contribution >= 0.6 is 11.6 Å². The van der Waals surface area contributed by atoms with Crippen LogP contribution in [0.3, 0.4) is 0 Å². The predicted molar refractivity (Wildman–Crippen MR) is 85.4 cm³/mol. The molecule has 1 aliphatic rings. The molecule has 1 unspecified atom stereocenters. The molecule has 3 nitrogen and oxygen atoms in total. The Kier molecular flexibility index (Phi) is 3.67. The van der Waals surface area contributed by atoms with Gasteiger partial charge >= 0.3 is 6.03 Å². The highest BCUT2D eigenvalue weighted by molar-refractivity contribution is 6.31. The summed E-state index contributed by atoms with van der Waals surface area (Å²) in [7, 11) is 0. The van der Waals surface area contributed by atoms with Gasteiger partial charge in [-0.25, -0.2) is 4.79 Å². The van der Waals surface area contributed by atoms with Gasteiger partial charge in [0.1, 0.15) is 0 Å². The summed E-state index contributed by atoms with van der Waals surface area (Å²) in [6.45, 7) is 1.93. The Morgan fingerprint density at radius 2 is 1.86 bits per heavy atom. The highest BCUT2D eigenvalue weighted by Crippen LogP contribution is 2.28.